The molecule has 0 fully saturated rings. The lowest BCUT2D eigenvalue weighted by molar-refractivity contribution is -0.116. The van der Waals surface area contributed by atoms with Crippen LogP contribution in [0.2, 0.25) is 0 Å². The van der Waals surface area contributed by atoms with Crippen LogP contribution in [0, 0.1) is 5.82 Å². The van der Waals surface area contributed by atoms with Crippen molar-refractivity contribution in [3.05, 3.63) is 51.8 Å². The number of halogens is 1. The number of fused-ring (bicyclic) bond motifs is 1. The maximum absolute atomic E-state index is 13.3. The first kappa shape index (κ1) is 15.7. The molecule has 3 aromatic rings. The van der Waals surface area contributed by atoms with Crippen LogP contribution in [-0.4, -0.2) is 26.3 Å². The zero-order chi connectivity index (χ0) is 17.3. The van der Waals surface area contributed by atoms with Crippen molar-refractivity contribution < 1.29 is 14.0 Å². The van der Waals surface area contributed by atoms with Gasteiger partial charge < -0.3 is 11.1 Å². The minimum Gasteiger partial charge on any atom is -0.365 e. The SMILES string of the molecule is NC(=O)c1cnc(NC(=O)Cn2cnc3ccc(F)cc3c2=O)s1. The quantitative estimate of drug-likeness (QED) is 0.721. The van der Waals surface area contributed by atoms with Gasteiger partial charge in [0.2, 0.25) is 5.91 Å². The van der Waals surface area contributed by atoms with E-state index in [0.29, 0.717) is 5.52 Å². The molecule has 1 aromatic carbocycles. The van der Waals surface area contributed by atoms with Gasteiger partial charge in [0, 0.05) is 0 Å². The molecule has 3 rings (SSSR count). The molecular weight excluding hydrogens is 337 g/mol. The summed E-state index contributed by atoms with van der Waals surface area (Å²) in [6, 6.07) is 3.65. The topological polar surface area (TPSA) is 120 Å². The number of nitrogens with two attached hydrogens (primary N) is 1. The minimum absolute atomic E-state index is 0.0792. The van der Waals surface area contributed by atoms with E-state index in [-0.39, 0.29) is 21.9 Å². The third-order valence-corrected chi connectivity index (χ3v) is 4.02. The molecule has 24 heavy (non-hydrogen) atoms. The smallest absolute Gasteiger partial charge is 0.261 e. The number of rotatable bonds is 4. The van der Waals surface area contributed by atoms with E-state index in [9.17, 15) is 18.8 Å². The van der Waals surface area contributed by atoms with Gasteiger partial charge in [0.25, 0.3) is 11.5 Å². The second-order valence-corrected chi connectivity index (χ2v) is 5.81. The monoisotopic (exact) mass is 347 g/mol. The zero-order valence-corrected chi connectivity index (χ0v) is 12.8. The summed E-state index contributed by atoms with van der Waals surface area (Å²) in [6.45, 7) is -0.330. The molecule has 2 aromatic heterocycles. The van der Waals surface area contributed by atoms with Gasteiger partial charge in [0.1, 0.15) is 17.2 Å². The van der Waals surface area contributed by atoms with Crippen LogP contribution < -0.4 is 16.6 Å². The van der Waals surface area contributed by atoms with Crippen molar-refractivity contribution in [1.29, 1.82) is 0 Å². The fourth-order valence-corrected chi connectivity index (χ4v) is 2.69. The Morgan fingerprint density at radius 1 is 1.33 bits per heavy atom. The number of nitrogens with one attached hydrogen (secondary N) is 1. The number of amides is 2. The number of hydrogen-bond acceptors (Lipinski definition) is 6. The van der Waals surface area contributed by atoms with Crippen LogP contribution in [0.4, 0.5) is 9.52 Å². The first-order chi connectivity index (χ1) is 11.4. The van der Waals surface area contributed by atoms with Crippen molar-refractivity contribution in [2.75, 3.05) is 5.32 Å². The lowest BCUT2D eigenvalue weighted by atomic mass is 10.2. The lowest BCUT2D eigenvalue weighted by Crippen LogP contribution is -2.27. The number of carbonyl (C=O) groups excluding carboxylic acids is 2. The van der Waals surface area contributed by atoms with Crippen molar-refractivity contribution in [2.24, 2.45) is 5.73 Å². The van der Waals surface area contributed by atoms with Gasteiger partial charge in [-0.2, -0.15) is 0 Å². The lowest BCUT2D eigenvalue weighted by Gasteiger charge is -2.06. The molecule has 0 bridgehead atoms. The molecule has 0 saturated carbocycles. The van der Waals surface area contributed by atoms with Crippen LogP contribution in [0.5, 0.6) is 0 Å². The van der Waals surface area contributed by atoms with Gasteiger partial charge in [-0.15, -0.1) is 0 Å². The summed E-state index contributed by atoms with van der Waals surface area (Å²) in [7, 11) is 0. The summed E-state index contributed by atoms with van der Waals surface area (Å²) in [4.78, 5) is 43.3. The second kappa shape index (κ2) is 6.16. The number of nitrogens with zero attached hydrogens (tertiary/aromatic N) is 3. The van der Waals surface area contributed by atoms with Gasteiger partial charge in [-0.3, -0.25) is 19.0 Å². The number of benzene rings is 1. The van der Waals surface area contributed by atoms with Crippen LogP contribution in [0.15, 0.2) is 35.5 Å². The van der Waals surface area contributed by atoms with E-state index in [1.807, 2.05) is 0 Å². The van der Waals surface area contributed by atoms with E-state index < -0.39 is 23.2 Å². The molecule has 2 amide bonds. The Bertz CT molecular complexity index is 1010. The van der Waals surface area contributed by atoms with Crippen LogP contribution in [0.3, 0.4) is 0 Å². The van der Waals surface area contributed by atoms with Gasteiger partial charge in [-0.25, -0.2) is 14.4 Å². The first-order valence-corrected chi connectivity index (χ1v) is 7.46. The maximum atomic E-state index is 13.3. The molecule has 0 aliphatic carbocycles. The normalized spacial score (nSPS) is 10.7. The van der Waals surface area contributed by atoms with Gasteiger partial charge in [0.15, 0.2) is 5.13 Å². The summed E-state index contributed by atoms with van der Waals surface area (Å²) in [5.41, 5.74) is 4.90. The minimum atomic E-state index is -0.648. The Morgan fingerprint density at radius 2 is 2.12 bits per heavy atom. The van der Waals surface area contributed by atoms with E-state index in [2.05, 4.69) is 15.3 Å². The molecule has 10 heteroatoms. The standard InChI is InChI=1S/C14H10FN5O3S/c15-7-1-2-9-8(3-7)13(23)20(6-18-9)5-11(21)19-14-17-4-10(24-14)12(16)22/h1-4,6H,5H2,(H2,16,22)(H,17,19,21). The summed E-state index contributed by atoms with van der Waals surface area (Å²) >= 11 is 0.918. The maximum Gasteiger partial charge on any atom is 0.261 e. The molecule has 3 N–H and O–H groups in total. The van der Waals surface area contributed by atoms with Crippen LogP contribution in [-0.2, 0) is 11.3 Å². The summed E-state index contributed by atoms with van der Waals surface area (Å²) in [5.74, 6) is -1.75. The van der Waals surface area contributed by atoms with Crippen LogP contribution in [0.1, 0.15) is 9.67 Å². The summed E-state index contributed by atoms with van der Waals surface area (Å²) in [5, 5.41) is 2.71. The predicted octanol–water partition coefficient (Wildman–Crippen LogP) is 0.730. The van der Waals surface area contributed by atoms with Gasteiger partial charge in [0.05, 0.1) is 23.4 Å². The Kier molecular flexibility index (Phi) is 4.04. The van der Waals surface area contributed by atoms with Crippen LogP contribution in [0.25, 0.3) is 10.9 Å². The van der Waals surface area contributed by atoms with E-state index in [1.54, 1.807) is 0 Å². The number of carbonyl (C=O) groups is 2. The Morgan fingerprint density at radius 3 is 2.83 bits per heavy atom. The molecule has 0 aliphatic rings. The molecule has 0 aliphatic heterocycles. The third-order valence-electron chi connectivity index (χ3n) is 3.09. The van der Waals surface area contributed by atoms with Gasteiger partial charge in [-0.05, 0) is 18.2 Å². The van der Waals surface area contributed by atoms with Gasteiger partial charge in [-0.1, -0.05) is 11.3 Å². The third kappa shape index (κ3) is 3.13. The Labute approximate surface area is 137 Å². The van der Waals surface area contributed by atoms with Crippen molar-refractivity contribution in [2.45, 2.75) is 6.54 Å². The largest absolute Gasteiger partial charge is 0.365 e. The fourth-order valence-electron chi connectivity index (χ4n) is 2.00. The molecule has 0 saturated heterocycles. The number of aromatic nitrogens is 3. The first-order valence-electron chi connectivity index (χ1n) is 6.64. The molecular formula is C14H10FN5O3S. The highest BCUT2D eigenvalue weighted by Crippen LogP contribution is 2.17. The highest BCUT2D eigenvalue weighted by Gasteiger charge is 2.12. The van der Waals surface area contributed by atoms with Crippen molar-refractivity contribution in [3.8, 4) is 0 Å². The summed E-state index contributed by atoms with van der Waals surface area (Å²) < 4.78 is 14.3. The number of primary amides is 1. The average molecular weight is 347 g/mol. The van der Waals surface area contributed by atoms with E-state index in [4.69, 9.17) is 5.73 Å². The number of thiazole rings is 1. The summed E-state index contributed by atoms with van der Waals surface area (Å²) in [6.07, 6.45) is 2.45. The van der Waals surface area contributed by atoms with Gasteiger partial charge >= 0.3 is 0 Å². The molecule has 2 heterocycles. The zero-order valence-electron chi connectivity index (χ0n) is 12.0. The molecule has 0 unspecified atom stereocenters. The number of anilines is 1. The predicted molar refractivity (Wildman–Crippen MR) is 85.2 cm³/mol. The Balaban J connectivity index is 1.81. The molecule has 0 spiro atoms. The molecule has 0 atom stereocenters. The second-order valence-electron chi connectivity index (χ2n) is 4.78. The molecule has 0 radical (unpaired) electrons. The number of hydrogen-bond donors (Lipinski definition) is 2. The molecule has 8 nitrogen and oxygen atoms in total. The van der Waals surface area contributed by atoms with E-state index >= 15 is 0 Å². The molecule has 122 valence electrons. The van der Waals surface area contributed by atoms with Crippen molar-refractivity contribution in [3.63, 3.8) is 0 Å². The van der Waals surface area contributed by atoms with Crippen LogP contribution >= 0.6 is 11.3 Å². The van der Waals surface area contributed by atoms with Crippen molar-refractivity contribution in [1.82, 2.24) is 14.5 Å². The van der Waals surface area contributed by atoms with Crippen molar-refractivity contribution >= 4 is 39.2 Å². The van der Waals surface area contributed by atoms with E-state index in [0.717, 1.165) is 22.0 Å². The fraction of sp³-hybridized carbons (Fsp3) is 0.0714. The Hall–Kier alpha value is -3.14. The highest BCUT2D eigenvalue weighted by molar-refractivity contribution is 7.17. The highest BCUT2D eigenvalue weighted by atomic mass is 32.1. The average Bonchev–Trinajstić information content (AvgIpc) is 2.99. The van der Waals surface area contributed by atoms with E-state index in [1.165, 1.54) is 24.7 Å².